The van der Waals surface area contributed by atoms with Gasteiger partial charge in [-0.05, 0) is 117 Å². The zero-order valence-electron chi connectivity index (χ0n) is 21.4. The van der Waals surface area contributed by atoms with Gasteiger partial charge in [-0.2, -0.15) is 9.78 Å². The Morgan fingerprint density at radius 2 is 1.76 bits per heavy atom. The lowest BCUT2D eigenvalue weighted by Gasteiger charge is -2.12. The predicted molar refractivity (Wildman–Crippen MR) is 179 cm³/mol. The molecule has 6 aromatic rings. The highest BCUT2D eigenvalue weighted by Crippen LogP contribution is 2.31. The summed E-state index contributed by atoms with van der Waals surface area (Å²) in [4.78, 5) is 29.4. The van der Waals surface area contributed by atoms with Gasteiger partial charge in [-0.3, -0.25) is 4.79 Å². The number of hydrogen-bond donors (Lipinski definition) is 1. The van der Waals surface area contributed by atoms with Gasteiger partial charge in [-0.15, -0.1) is 0 Å². The van der Waals surface area contributed by atoms with E-state index in [1.54, 1.807) is 72.9 Å². The number of fused-ring (bicyclic) bond motifs is 2. The van der Waals surface area contributed by atoms with Gasteiger partial charge in [-0.1, -0.05) is 35.9 Å². The van der Waals surface area contributed by atoms with Crippen molar-refractivity contribution in [1.29, 1.82) is 0 Å². The first kappa shape index (κ1) is 28.4. The summed E-state index contributed by atoms with van der Waals surface area (Å²) in [6.07, 6.45) is 1.60. The zero-order chi connectivity index (χ0) is 29.4. The second-order valence-electron chi connectivity index (χ2n) is 9.21. The maximum atomic E-state index is 13.6. The molecule has 0 spiro atoms. The van der Waals surface area contributed by atoms with Gasteiger partial charge in [0.1, 0.15) is 17.9 Å². The van der Waals surface area contributed by atoms with E-state index in [0.29, 0.717) is 33.0 Å². The lowest BCUT2D eigenvalue weighted by molar-refractivity contribution is 0.0697. The molecule has 2 heterocycles. The molecule has 11 heteroatoms. The van der Waals surface area contributed by atoms with Crippen LogP contribution in [0, 0.1) is 7.14 Å². The first-order chi connectivity index (χ1) is 20.3. The summed E-state index contributed by atoms with van der Waals surface area (Å²) in [7, 11) is 0. The second-order valence-corrected chi connectivity index (χ2v) is 12.0. The third kappa shape index (κ3) is 5.78. The minimum absolute atomic E-state index is 0.222. The SMILES string of the molecule is O=C(O)c1ccc(COc2c(I)cc(C=Nn3c(-c4cc5cc(Cl)ccc5o4)nc4ccccc4c3=O)cc2I)cc1. The molecule has 6 rings (SSSR count). The Morgan fingerprint density at radius 1 is 1.02 bits per heavy atom. The monoisotopic (exact) mass is 801 g/mol. The van der Waals surface area contributed by atoms with E-state index in [-0.39, 0.29) is 23.6 Å². The molecule has 0 aliphatic heterocycles. The molecule has 4 aromatic carbocycles. The van der Waals surface area contributed by atoms with Gasteiger partial charge < -0.3 is 14.3 Å². The normalized spacial score (nSPS) is 11.5. The number of halogens is 3. The van der Waals surface area contributed by atoms with Crippen molar-refractivity contribution in [3.63, 3.8) is 0 Å². The highest BCUT2D eigenvalue weighted by Gasteiger charge is 2.17. The van der Waals surface area contributed by atoms with Gasteiger partial charge in [0, 0.05) is 10.4 Å². The highest BCUT2D eigenvalue weighted by molar-refractivity contribution is 14.1. The van der Waals surface area contributed by atoms with Crippen molar-refractivity contribution >= 4 is 90.8 Å². The van der Waals surface area contributed by atoms with Crippen molar-refractivity contribution in [1.82, 2.24) is 9.66 Å². The number of carboxylic acids is 1. The fraction of sp³-hybridized carbons (Fsp3) is 0.0323. The summed E-state index contributed by atoms with van der Waals surface area (Å²) in [5.41, 5.74) is 2.64. The molecule has 0 amide bonds. The van der Waals surface area contributed by atoms with Gasteiger partial charge in [0.25, 0.3) is 5.56 Å². The highest BCUT2D eigenvalue weighted by atomic mass is 127. The zero-order valence-corrected chi connectivity index (χ0v) is 26.5. The molecule has 8 nitrogen and oxygen atoms in total. The van der Waals surface area contributed by atoms with Crippen molar-refractivity contribution < 1.29 is 19.1 Å². The standard InChI is InChI=1S/C31H18ClI2N3O5/c32-21-9-10-26-20(13-21)14-27(42-26)29-36-25-4-2-1-3-22(25)30(38)37(29)35-15-18-11-23(33)28(24(34)12-18)41-16-17-5-7-19(8-6-17)31(39)40/h1-15H,16H2,(H,39,40). The summed E-state index contributed by atoms with van der Waals surface area (Å²) < 4.78 is 15.0. The smallest absolute Gasteiger partial charge is 0.335 e. The average molecular weight is 802 g/mol. The predicted octanol–water partition coefficient (Wildman–Crippen LogP) is 7.83. The number of para-hydroxylation sites is 1. The van der Waals surface area contributed by atoms with Gasteiger partial charge in [-0.25, -0.2) is 9.78 Å². The number of ether oxygens (including phenoxy) is 1. The van der Waals surface area contributed by atoms with E-state index in [1.165, 1.54) is 4.68 Å². The molecule has 0 fully saturated rings. The van der Waals surface area contributed by atoms with Crippen LogP contribution in [0.2, 0.25) is 5.02 Å². The fourth-order valence-corrected chi connectivity index (χ4v) is 6.64. The van der Waals surface area contributed by atoms with Crippen molar-refractivity contribution in [2.75, 3.05) is 0 Å². The summed E-state index contributed by atoms with van der Waals surface area (Å²) >= 11 is 10.5. The summed E-state index contributed by atoms with van der Waals surface area (Å²) in [6, 6.07) is 24.5. The van der Waals surface area contributed by atoms with Crippen molar-refractivity contribution in [2.45, 2.75) is 6.61 Å². The van der Waals surface area contributed by atoms with Gasteiger partial charge in [0.2, 0.25) is 5.82 Å². The maximum absolute atomic E-state index is 13.6. The molecule has 42 heavy (non-hydrogen) atoms. The number of aromatic carboxylic acids is 1. The molecule has 0 radical (unpaired) electrons. The van der Waals surface area contributed by atoms with Crippen molar-refractivity contribution in [3.8, 4) is 17.3 Å². The van der Waals surface area contributed by atoms with Gasteiger partial charge in [0.05, 0.1) is 29.8 Å². The number of benzene rings is 4. The van der Waals surface area contributed by atoms with Crippen LogP contribution in [0.3, 0.4) is 0 Å². The van der Waals surface area contributed by atoms with Crippen LogP contribution in [0.4, 0.5) is 0 Å². The molecule has 0 atom stereocenters. The Morgan fingerprint density at radius 3 is 2.50 bits per heavy atom. The van der Waals surface area contributed by atoms with Crippen LogP contribution in [-0.2, 0) is 6.61 Å². The first-order valence-corrected chi connectivity index (χ1v) is 15.0. The average Bonchev–Trinajstić information content (AvgIpc) is 3.39. The molecule has 208 valence electrons. The molecule has 1 N–H and O–H groups in total. The Hall–Kier alpha value is -3.75. The first-order valence-electron chi connectivity index (χ1n) is 12.5. The van der Waals surface area contributed by atoms with Crippen LogP contribution in [-0.4, -0.2) is 27.0 Å². The Kier molecular flexibility index (Phi) is 8.01. The summed E-state index contributed by atoms with van der Waals surface area (Å²) in [5.74, 6) is 0.374. The molecular weight excluding hydrogens is 784 g/mol. The van der Waals surface area contributed by atoms with Crippen LogP contribution < -0.4 is 10.3 Å². The summed E-state index contributed by atoms with van der Waals surface area (Å²) in [5, 5.41) is 15.4. The van der Waals surface area contributed by atoms with E-state index in [0.717, 1.165) is 23.7 Å². The number of rotatable bonds is 7. The molecule has 0 bridgehead atoms. The third-order valence-electron chi connectivity index (χ3n) is 6.38. The van der Waals surface area contributed by atoms with E-state index in [1.807, 2.05) is 18.2 Å². The number of carbonyl (C=O) groups is 1. The number of aromatic nitrogens is 2. The molecule has 0 unspecified atom stereocenters. The van der Waals surface area contributed by atoms with Crippen LogP contribution in [0.25, 0.3) is 33.5 Å². The summed E-state index contributed by atoms with van der Waals surface area (Å²) in [6.45, 7) is 0.281. The third-order valence-corrected chi connectivity index (χ3v) is 8.22. The topological polar surface area (TPSA) is 107 Å². The van der Waals surface area contributed by atoms with E-state index in [4.69, 9.17) is 30.8 Å². The number of hydrogen-bond acceptors (Lipinski definition) is 6. The maximum Gasteiger partial charge on any atom is 0.335 e. The number of carboxylic acid groups (broad SMARTS) is 1. The quantitative estimate of drug-likeness (QED) is 0.130. The minimum Gasteiger partial charge on any atom is -0.487 e. The molecule has 0 aliphatic rings. The fourth-order valence-electron chi connectivity index (χ4n) is 4.33. The van der Waals surface area contributed by atoms with E-state index in [2.05, 4.69) is 50.3 Å². The van der Waals surface area contributed by atoms with Crippen LogP contribution in [0.15, 0.2) is 99.2 Å². The van der Waals surface area contributed by atoms with E-state index in [9.17, 15) is 9.59 Å². The molecule has 0 saturated heterocycles. The Bertz CT molecular complexity index is 2060. The van der Waals surface area contributed by atoms with E-state index >= 15 is 0 Å². The number of furan rings is 1. The van der Waals surface area contributed by atoms with Crippen molar-refractivity contribution in [3.05, 3.63) is 124 Å². The lowest BCUT2D eigenvalue weighted by Crippen LogP contribution is -2.20. The van der Waals surface area contributed by atoms with Gasteiger partial charge in [0.15, 0.2) is 5.76 Å². The largest absolute Gasteiger partial charge is 0.487 e. The molecular formula is C31H18ClI2N3O5. The van der Waals surface area contributed by atoms with E-state index < -0.39 is 5.97 Å². The van der Waals surface area contributed by atoms with Crippen LogP contribution in [0.1, 0.15) is 21.5 Å². The molecule has 2 aromatic heterocycles. The van der Waals surface area contributed by atoms with Crippen LogP contribution in [0.5, 0.6) is 5.75 Å². The number of nitrogens with zero attached hydrogens (tertiary/aromatic N) is 3. The Labute approximate surface area is 270 Å². The van der Waals surface area contributed by atoms with Gasteiger partial charge >= 0.3 is 5.97 Å². The minimum atomic E-state index is -0.972. The lowest BCUT2D eigenvalue weighted by atomic mass is 10.1. The Balaban J connectivity index is 1.34. The molecule has 0 saturated carbocycles. The second kappa shape index (κ2) is 11.9. The van der Waals surface area contributed by atoms with Crippen molar-refractivity contribution in [2.24, 2.45) is 5.10 Å². The van der Waals surface area contributed by atoms with Crippen LogP contribution >= 0.6 is 56.8 Å². The molecule has 0 aliphatic carbocycles.